The van der Waals surface area contributed by atoms with E-state index in [1.807, 2.05) is 49.6 Å². The second kappa shape index (κ2) is 9.96. The van der Waals surface area contributed by atoms with Crippen LogP contribution in [-0.4, -0.2) is 62.9 Å². The number of hydrogen-bond donors (Lipinski definition) is 1. The average Bonchev–Trinajstić information content (AvgIpc) is 2.93. The third-order valence-corrected chi connectivity index (χ3v) is 9.01. The molecule has 1 heterocycles. The molecule has 37 heavy (non-hydrogen) atoms. The molecule has 0 aromatic heterocycles. The molecular weight excluding hydrogens is 460 g/mol. The van der Waals surface area contributed by atoms with Gasteiger partial charge in [-0.05, 0) is 65.9 Å². The van der Waals surface area contributed by atoms with Crippen LogP contribution >= 0.6 is 0 Å². The van der Waals surface area contributed by atoms with Gasteiger partial charge in [0.2, 0.25) is 0 Å². The van der Waals surface area contributed by atoms with E-state index in [4.69, 9.17) is 9.47 Å². The number of carbonyl (C=O) groups excluding carboxylic acids is 1. The summed E-state index contributed by atoms with van der Waals surface area (Å²) in [6.45, 7) is 6.88. The van der Waals surface area contributed by atoms with Gasteiger partial charge < -0.3 is 19.3 Å². The van der Waals surface area contributed by atoms with Crippen molar-refractivity contribution in [1.29, 1.82) is 0 Å². The maximum atomic E-state index is 13.4. The van der Waals surface area contributed by atoms with E-state index in [1.54, 1.807) is 7.11 Å². The molecule has 0 spiro atoms. The lowest BCUT2D eigenvalue weighted by Gasteiger charge is -2.61. The van der Waals surface area contributed by atoms with E-state index in [1.165, 1.54) is 5.56 Å². The monoisotopic (exact) mass is 499 g/mol. The fourth-order valence-corrected chi connectivity index (χ4v) is 7.07. The lowest BCUT2D eigenvalue weighted by molar-refractivity contribution is -0.918. The van der Waals surface area contributed by atoms with E-state index in [0.717, 1.165) is 66.3 Å². The first-order valence-electron chi connectivity index (χ1n) is 13.3. The molecule has 5 heteroatoms. The van der Waals surface area contributed by atoms with Gasteiger partial charge in [-0.25, -0.2) is 0 Å². The summed E-state index contributed by atoms with van der Waals surface area (Å²) in [5.41, 5.74) is 1.38. The molecule has 1 saturated carbocycles. The zero-order valence-electron chi connectivity index (χ0n) is 22.3. The first-order chi connectivity index (χ1) is 17.9. The number of fused-ring (bicyclic) bond motifs is 2. The van der Waals surface area contributed by atoms with Crippen LogP contribution in [0.5, 0.6) is 5.75 Å². The number of rotatable bonds is 7. The SMILES string of the molecule is C=CC[N@@+]1(C)CC[C@@]2(c3cccc(OC)c3)C[C@H](NC(=O)c3ccc4ccccc4c3)CCC2(OC)C1. The smallest absolute Gasteiger partial charge is 0.251 e. The number of hydrogen-bond acceptors (Lipinski definition) is 3. The Bertz CT molecular complexity index is 1310. The van der Waals surface area contributed by atoms with E-state index in [2.05, 4.69) is 49.3 Å². The quantitative estimate of drug-likeness (QED) is 0.345. The van der Waals surface area contributed by atoms with Crippen molar-refractivity contribution >= 4 is 16.7 Å². The summed E-state index contributed by atoms with van der Waals surface area (Å²) in [5.74, 6) is 0.845. The number of benzene rings is 3. The summed E-state index contributed by atoms with van der Waals surface area (Å²) in [4.78, 5) is 13.4. The van der Waals surface area contributed by atoms with Gasteiger partial charge in [-0.1, -0.05) is 49.0 Å². The third-order valence-electron chi connectivity index (χ3n) is 9.01. The van der Waals surface area contributed by atoms with Crippen LogP contribution in [0.15, 0.2) is 79.4 Å². The van der Waals surface area contributed by atoms with Gasteiger partial charge in [-0.3, -0.25) is 4.79 Å². The number of likely N-dealkylation sites (tertiary alicyclic amines) is 1. The Hall–Kier alpha value is -3.15. The molecule has 2 aliphatic rings. The standard InChI is InChI=1S/C32H38N2O3/c1-5-18-34(2)19-17-31(27-11-8-12-29(21-27)36-3)22-28(15-16-32(31,23-34)37-4)33-30(35)26-14-13-24-9-6-7-10-25(24)20-26/h5-14,20-21,28H,1,15-19,22-23H2,2-4H3/p+1/t28-,31+,32?,34+/m1/s1. The Morgan fingerprint density at radius 2 is 1.89 bits per heavy atom. The van der Waals surface area contributed by atoms with Gasteiger partial charge in [0.25, 0.3) is 5.91 Å². The van der Waals surface area contributed by atoms with Crippen LogP contribution in [0.4, 0.5) is 0 Å². The van der Waals surface area contributed by atoms with Crippen molar-refractivity contribution < 1.29 is 18.8 Å². The minimum Gasteiger partial charge on any atom is -0.497 e. The molecule has 5 nitrogen and oxygen atoms in total. The van der Waals surface area contributed by atoms with Crippen LogP contribution in [0, 0.1) is 0 Å². The molecule has 3 aromatic rings. The summed E-state index contributed by atoms with van der Waals surface area (Å²) in [6.07, 6.45) is 5.60. The van der Waals surface area contributed by atoms with Crippen molar-refractivity contribution in [2.75, 3.05) is 40.9 Å². The first-order valence-corrected chi connectivity index (χ1v) is 13.3. The van der Waals surface area contributed by atoms with Crippen LogP contribution in [-0.2, 0) is 10.2 Å². The number of quaternary nitrogens is 1. The molecule has 4 atom stereocenters. The lowest BCUT2D eigenvalue weighted by atomic mass is 9.54. The highest BCUT2D eigenvalue weighted by atomic mass is 16.5. The molecule has 194 valence electrons. The van der Waals surface area contributed by atoms with Crippen LogP contribution in [0.2, 0.25) is 0 Å². The Balaban J connectivity index is 1.48. The molecule has 1 amide bonds. The van der Waals surface area contributed by atoms with Gasteiger partial charge in [0.1, 0.15) is 17.9 Å². The van der Waals surface area contributed by atoms with Crippen molar-refractivity contribution in [2.24, 2.45) is 0 Å². The van der Waals surface area contributed by atoms with Crippen LogP contribution < -0.4 is 10.1 Å². The number of nitrogens with one attached hydrogen (secondary N) is 1. The topological polar surface area (TPSA) is 47.6 Å². The highest BCUT2D eigenvalue weighted by molar-refractivity contribution is 5.98. The number of ether oxygens (including phenoxy) is 2. The summed E-state index contributed by atoms with van der Waals surface area (Å²) in [7, 11) is 5.89. The van der Waals surface area contributed by atoms with Gasteiger partial charge in [-0.2, -0.15) is 0 Å². The normalized spacial score (nSPS) is 29.3. The molecule has 1 aliphatic heterocycles. The number of piperidine rings is 1. The Morgan fingerprint density at radius 1 is 1.08 bits per heavy atom. The van der Waals surface area contributed by atoms with E-state index in [0.29, 0.717) is 5.56 Å². The number of nitrogens with zero attached hydrogens (tertiary/aromatic N) is 1. The predicted molar refractivity (Wildman–Crippen MR) is 149 cm³/mol. The second-order valence-electron chi connectivity index (χ2n) is 11.2. The Kier molecular flexibility index (Phi) is 6.86. The van der Waals surface area contributed by atoms with Crippen LogP contribution in [0.25, 0.3) is 10.8 Å². The van der Waals surface area contributed by atoms with E-state index >= 15 is 0 Å². The highest BCUT2D eigenvalue weighted by Crippen LogP contribution is 2.54. The fourth-order valence-electron chi connectivity index (χ4n) is 7.07. The van der Waals surface area contributed by atoms with E-state index in [-0.39, 0.29) is 23.0 Å². The first kappa shape index (κ1) is 25.5. The minimum absolute atomic E-state index is 0.00968. The maximum absolute atomic E-state index is 13.4. The lowest BCUT2D eigenvalue weighted by Crippen LogP contribution is -2.72. The van der Waals surface area contributed by atoms with Gasteiger partial charge in [0.05, 0.1) is 27.2 Å². The zero-order valence-corrected chi connectivity index (χ0v) is 22.3. The van der Waals surface area contributed by atoms with E-state index in [9.17, 15) is 4.79 Å². The molecular formula is C32H39N2O3+. The Morgan fingerprint density at radius 3 is 2.65 bits per heavy atom. The molecule has 3 aromatic carbocycles. The maximum Gasteiger partial charge on any atom is 0.251 e. The molecule has 5 rings (SSSR count). The largest absolute Gasteiger partial charge is 0.497 e. The fraction of sp³-hybridized carbons (Fsp3) is 0.406. The summed E-state index contributed by atoms with van der Waals surface area (Å²) in [5, 5.41) is 5.62. The molecule has 1 aliphatic carbocycles. The number of amides is 1. The molecule has 1 N–H and O–H groups in total. The van der Waals surface area contributed by atoms with Crippen molar-refractivity contribution in [3.05, 3.63) is 90.5 Å². The number of methoxy groups -OCH3 is 2. The molecule has 1 saturated heterocycles. The molecule has 0 bridgehead atoms. The predicted octanol–water partition coefficient (Wildman–Crippen LogP) is 5.49. The molecule has 0 radical (unpaired) electrons. The van der Waals surface area contributed by atoms with Gasteiger partial charge in [-0.15, -0.1) is 0 Å². The van der Waals surface area contributed by atoms with Crippen molar-refractivity contribution in [2.45, 2.75) is 42.7 Å². The van der Waals surface area contributed by atoms with Gasteiger partial charge >= 0.3 is 0 Å². The second-order valence-corrected chi connectivity index (χ2v) is 11.2. The van der Waals surface area contributed by atoms with Crippen LogP contribution in [0.1, 0.15) is 41.6 Å². The molecule has 1 unspecified atom stereocenters. The average molecular weight is 500 g/mol. The summed E-state index contributed by atoms with van der Waals surface area (Å²) in [6, 6.07) is 22.6. The summed E-state index contributed by atoms with van der Waals surface area (Å²) >= 11 is 0. The zero-order chi connectivity index (χ0) is 26.1. The Labute approximate surface area is 220 Å². The van der Waals surface area contributed by atoms with Crippen molar-refractivity contribution in [3.8, 4) is 5.75 Å². The van der Waals surface area contributed by atoms with Crippen LogP contribution in [0.3, 0.4) is 0 Å². The van der Waals surface area contributed by atoms with E-state index < -0.39 is 0 Å². The molecule has 2 fully saturated rings. The van der Waals surface area contributed by atoms with Crippen molar-refractivity contribution in [1.82, 2.24) is 5.32 Å². The van der Waals surface area contributed by atoms with Crippen molar-refractivity contribution in [3.63, 3.8) is 0 Å². The summed E-state index contributed by atoms with van der Waals surface area (Å²) < 4.78 is 13.1. The number of carbonyl (C=O) groups is 1. The minimum atomic E-state index is -0.334. The third kappa shape index (κ3) is 4.55. The highest BCUT2D eigenvalue weighted by Gasteiger charge is 2.62. The number of likely N-dealkylation sites (N-methyl/N-ethyl adjacent to an activating group) is 1. The van der Waals surface area contributed by atoms with Gasteiger partial charge in [0, 0.05) is 30.6 Å². The van der Waals surface area contributed by atoms with Gasteiger partial charge in [0.15, 0.2) is 0 Å².